The summed E-state index contributed by atoms with van der Waals surface area (Å²) in [5, 5.41) is 5.64. The minimum absolute atomic E-state index is 0.344. The molecule has 1 aromatic rings. The van der Waals surface area contributed by atoms with Crippen LogP contribution in [0, 0.1) is 17.6 Å². The normalized spacial score (nSPS) is 15.1. The Morgan fingerprint density at radius 1 is 1.44 bits per heavy atom. The maximum Gasteiger partial charge on any atom is 0.258 e. The Bertz CT molecular complexity index is 462. The first-order valence-electron chi connectivity index (χ1n) is 5.64. The van der Waals surface area contributed by atoms with E-state index in [4.69, 9.17) is 4.74 Å². The van der Waals surface area contributed by atoms with Crippen molar-refractivity contribution in [2.45, 2.75) is 0 Å². The number of carbonyl (C=O) groups is 1. The van der Waals surface area contributed by atoms with Crippen LogP contribution >= 0.6 is 0 Å². The second kappa shape index (κ2) is 5.30. The van der Waals surface area contributed by atoms with Crippen LogP contribution in [0.1, 0.15) is 10.4 Å². The van der Waals surface area contributed by atoms with E-state index in [1.54, 1.807) is 0 Å². The average molecular weight is 256 g/mol. The van der Waals surface area contributed by atoms with Gasteiger partial charge in [-0.3, -0.25) is 4.79 Å². The van der Waals surface area contributed by atoms with Gasteiger partial charge in [0.05, 0.1) is 7.11 Å². The van der Waals surface area contributed by atoms with Gasteiger partial charge in [-0.2, -0.15) is 0 Å². The molecule has 0 unspecified atom stereocenters. The van der Waals surface area contributed by atoms with Crippen molar-refractivity contribution in [2.24, 2.45) is 5.92 Å². The molecule has 0 aliphatic carbocycles. The highest BCUT2D eigenvalue weighted by Gasteiger charge is 2.23. The molecule has 1 aliphatic rings. The summed E-state index contributed by atoms with van der Waals surface area (Å²) in [7, 11) is 1.20. The van der Waals surface area contributed by atoms with E-state index < -0.39 is 17.5 Å². The van der Waals surface area contributed by atoms with Gasteiger partial charge < -0.3 is 15.4 Å². The molecule has 1 aromatic carbocycles. The maximum atomic E-state index is 13.6. The van der Waals surface area contributed by atoms with Gasteiger partial charge >= 0.3 is 0 Å². The molecule has 1 saturated heterocycles. The summed E-state index contributed by atoms with van der Waals surface area (Å²) >= 11 is 0. The van der Waals surface area contributed by atoms with Crippen LogP contribution in [0.15, 0.2) is 12.1 Å². The van der Waals surface area contributed by atoms with Crippen LogP contribution in [0.5, 0.6) is 5.75 Å². The van der Waals surface area contributed by atoms with Crippen molar-refractivity contribution in [3.05, 3.63) is 29.3 Å². The summed E-state index contributed by atoms with van der Waals surface area (Å²) < 4.78 is 31.7. The van der Waals surface area contributed by atoms with Crippen LogP contribution in [-0.4, -0.2) is 32.7 Å². The zero-order valence-corrected chi connectivity index (χ0v) is 9.93. The molecule has 0 atom stereocenters. The third-order valence-corrected chi connectivity index (χ3v) is 2.91. The van der Waals surface area contributed by atoms with Crippen molar-refractivity contribution in [2.75, 3.05) is 26.7 Å². The minimum Gasteiger partial charge on any atom is -0.493 e. The lowest BCUT2D eigenvalue weighted by molar-refractivity contribution is 0.0934. The topological polar surface area (TPSA) is 50.4 Å². The van der Waals surface area contributed by atoms with Crippen molar-refractivity contribution in [3.63, 3.8) is 0 Å². The van der Waals surface area contributed by atoms with Crippen LogP contribution in [0.4, 0.5) is 8.78 Å². The van der Waals surface area contributed by atoms with Gasteiger partial charge in [0.25, 0.3) is 5.91 Å². The zero-order chi connectivity index (χ0) is 13.1. The van der Waals surface area contributed by atoms with Crippen LogP contribution in [0.25, 0.3) is 0 Å². The molecule has 1 amide bonds. The molecule has 18 heavy (non-hydrogen) atoms. The van der Waals surface area contributed by atoms with E-state index in [-0.39, 0.29) is 11.3 Å². The lowest BCUT2D eigenvalue weighted by Gasteiger charge is -2.27. The number of rotatable bonds is 4. The fourth-order valence-electron chi connectivity index (χ4n) is 1.76. The predicted molar refractivity (Wildman–Crippen MR) is 61.6 cm³/mol. The van der Waals surface area contributed by atoms with E-state index in [0.717, 1.165) is 25.2 Å². The summed E-state index contributed by atoms with van der Waals surface area (Å²) in [6.07, 6.45) is 0. The summed E-state index contributed by atoms with van der Waals surface area (Å²) in [6.45, 7) is 2.08. The van der Waals surface area contributed by atoms with Crippen LogP contribution in [0.3, 0.4) is 0 Å². The highest BCUT2D eigenvalue weighted by Crippen LogP contribution is 2.25. The van der Waals surface area contributed by atoms with Crippen molar-refractivity contribution in [1.29, 1.82) is 0 Å². The lowest BCUT2D eigenvalue weighted by atomic mass is 10.0. The molecule has 0 aromatic heterocycles. The van der Waals surface area contributed by atoms with Crippen molar-refractivity contribution < 1.29 is 18.3 Å². The van der Waals surface area contributed by atoms with E-state index in [1.807, 2.05) is 0 Å². The number of benzene rings is 1. The first kappa shape index (κ1) is 12.8. The highest BCUT2D eigenvalue weighted by atomic mass is 19.1. The number of nitrogens with one attached hydrogen (secondary N) is 2. The number of amides is 1. The Morgan fingerprint density at radius 3 is 2.67 bits per heavy atom. The van der Waals surface area contributed by atoms with Gasteiger partial charge in [-0.15, -0.1) is 0 Å². The fourth-order valence-corrected chi connectivity index (χ4v) is 1.76. The Kier molecular flexibility index (Phi) is 3.76. The smallest absolute Gasteiger partial charge is 0.258 e. The molecule has 98 valence electrons. The van der Waals surface area contributed by atoms with Gasteiger partial charge in [0.2, 0.25) is 0 Å². The fraction of sp³-hybridized carbons (Fsp3) is 0.417. The Hall–Kier alpha value is -1.69. The van der Waals surface area contributed by atoms with Gasteiger partial charge in [-0.05, 0) is 12.1 Å². The third-order valence-electron chi connectivity index (χ3n) is 2.91. The minimum atomic E-state index is -0.794. The number of hydrogen-bond donors (Lipinski definition) is 2. The highest BCUT2D eigenvalue weighted by molar-refractivity contribution is 5.97. The van der Waals surface area contributed by atoms with Gasteiger partial charge in [-0.25, -0.2) is 8.78 Å². The van der Waals surface area contributed by atoms with Crippen molar-refractivity contribution in [3.8, 4) is 5.75 Å². The first-order chi connectivity index (χ1) is 8.63. The molecule has 1 fully saturated rings. The van der Waals surface area contributed by atoms with Crippen LogP contribution < -0.4 is 15.4 Å². The predicted octanol–water partition coefficient (Wildman–Crippen LogP) is 0.923. The van der Waals surface area contributed by atoms with E-state index in [1.165, 1.54) is 7.11 Å². The molecule has 0 radical (unpaired) electrons. The number of carbonyl (C=O) groups excluding carboxylic acids is 1. The van der Waals surface area contributed by atoms with Gasteiger partial charge in [-0.1, -0.05) is 0 Å². The Morgan fingerprint density at radius 2 is 2.11 bits per heavy atom. The van der Waals surface area contributed by atoms with E-state index >= 15 is 0 Å². The van der Waals surface area contributed by atoms with Crippen LogP contribution in [0.2, 0.25) is 0 Å². The van der Waals surface area contributed by atoms with Crippen molar-refractivity contribution in [1.82, 2.24) is 10.6 Å². The molecule has 1 aliphatic heterocycles. The molecule has 0 saturated carbocycles. The zero-order valence-electron chi connectivity index (χ0n) is 9.93. The molecule has 2 rings (SSSR count). The molecule has 6 heteroatoms. The number of methoxy groups -OCH3 is 1. The number of halogens is 2. The molecular weight excluding hydrogens is 242 g/mol. The molecule has 4 nitrogen and oxygen atoms in total. The third kappa shape index (κ3) is 2.43. The van der Waals surface area contributed by atoms with Gasteiger partial charge in [0, 0.05) is 25.6 Å². The molecule has 2 N–H and O–H groups in total. The van der Waals surface area contributed by atoms with Gasteiger partial charge in [0.1, 0.15) is 11.4 Å². The summed E-state index contributed by atoms with van der Waals surface area (Å²) in [4.78, 5) is 11.8. The maximum absolute atomic E-state index is 13.6. The largest absolute Gasteiger partial charge is 0.493 e. The quantitative estimate of drug-likeness (QED) is 0.842. The standard InChI is InChI=1S/C12H14F2N2O2/c1-18-11-9(14)3-2-8(13)10(11)12(17)16-6-7-4-15-5-7/h2-3,7,15H,4-6H2,1H3,(H,16,17). The summed E-state index contributed by atoms with van der Waals surface area (Å²) in [5.41, 5.74) is -0.384. The first-order valence-corrected chi connectivity index (χ1v) is 5.64. The van der Waals surface area contributed by atoms with Gasteiger partial charge in [0.15, 0.2) is 11.6 Å². The Balaban J connectivity index is 2.14. The van der Waals surface area contributed by atoms with Crippen LogP contribution in [-0.2, 0) is 0 Å². The molecular formula is C12H14F2N2O2. The number of ether oxygens (including phenoxy) is 1. The average Bonchev–Trinajstić information content (AvgIpc) is 2.29. The number of hydrogen-bond acceptors (Lipinski definition) is 3. The van der Waals surface area contributed by atoms with Crippen molar-refractivity contribution >= 4 is 5.91 Å². The molecule has 0 bridgehead atoms. The SMILES string of the molecule is COc1c(F)ccc(F)c1C(=O)NCC1CNC1. The van der Waals surface area contributed by atoms with E-state index in [2.05, 4.69) is 10.6 Å². The Labute approximate surface area is 103 Å². The monoisotopic (exact) mass is 256 g/mol. The lowest BCUT2D eigenvalue weighted by Crippen LogP contribution is -2.48. The summed E-state index contributed by atoms with van der Waals surface area (Å²) in [5.74, 6) is -2.22. The van der Waals surface area contributed by atoms with E-state index in [9.17, 15) is 13.6 Å². The second-order valence-corrected chi connectivity index (χ2v) is 4.17. The summed E-state index contributed by atoms with van der Waals surface area (Å²) in [6, 6.07) is 1.85. The molecule has 0 spiro atoms. The van der Waals surface area contributed by atoms with E-state index in [0.29, 0.717) is 12.5 Å². The molecule has 1 heterocycles. The second-order valence-electron chi connectivity index (χ2n) is 4.17.